The van der Waals surface area contributed by atoms with E-state index in [2.05, 4.69) is 11.9 Å². The number of rotatable bonds is 0. The smallest absolute Gasteiger partial charge is 0.320 e. The van der Waals surface area contributed by atoms with Crippen molar-refractivity contribution in [3.8, 4) is 0 Å². The van der Waals surface area contributed by atoms with Gasteiger partial charge in [-0.3, -0.25) is 0 Å². The van der Waals surface area contributed by atoms with Gasteiger partial charge in [0.05, 0.1) is 6.54 Å². The van der Waals surface area contributed by atoms with Gasteiger partial charge in [0.1, 0.15) is 6.17 Å². The lowest BCUT2D eigenvalue weighted by molar-refractivity contribution is 0.127. The van der Waals surface area contributed by atoms with Gasteiger partial charge in [-0.1, -0.05) is 0 Å². The average molecular weight is 215 g/mol. The number of alkyl halides is 1. The van der Waals surface area contributed by atoms with Gasteiger partial charge in [-0.15, -0.1) is 0 Å². The zero-order valence-corrected chi connectivity index (χ0v) is 9.15. The third-order valence-corrected chi connectivity index (χ3v) is 3.18. The second-order valence-electron chi connectivity index (χ2n) is 4.40. The fourth-order valence-corrected chi connectivity index (χ4v) is 2.09. The zero-order chi connectivity index (χ0) is 10.8. The van der Waals surface area contributed by atoms with E-state index < -0.39 is 6.17 Å². The van der Waals surface area contributed by atoms with E-state index in [-0.39, 0.29) is 12.6 Å². The fourth-order valence-electron chi connectivity index (χ4n) is 2.09. The number of piperazine rings is 1. The number of nitrogens with zero attached hydrogens (tertiary/aromatic N) is 3. The molecule has 0 aromatic heterocycles. The summed E-state index contributed by atoms with van der Waals surface area (Å²) < 4.78 is 12.9. The standard InChI is InChI=1S/C10H18FN3O/c1-12-4-6-13(7-5-12)10(15)14-3-2-9(11)8-14/h9H,2-8H2,1H3. The van der Waals surface area contributed by atoms with E-state index in [1.54, 1.807) is 4.90 Å². The molecule has 0 aromatic rings. The van der Waals surface area contributed by atoms with E-state index >= 15 is 0 Å². The molecule has 86 valence electrons. The molecule has 1 unspecified atom stereocenters. The summed E-state index contributed by atoms with van der Waals surface area (Å²) in [6.45, 7) is 4.22. The first kappa shape index (κ1) is 10.7. The maximum Gasteiger partial charge on any atom is 0.320 e. The van der Waals surface area contributed by atoms with Gasteiger partial charge >= 0.3 is 6.03 Å². The first-order valence-corrected chi connectivity index (χ1v) is 5.53. The van der Waals surface area contributed by atoms with Crippen LogP contribution in [0.5, 0.6) is 0 Å². The largest absolute Gasteiger partial charge is 0.322 e. The van der Waals surface area contributed by atoms with E-state index in [0.717, 1.165) is 26.2 Å². The molecule has 0 aromatic carbocycles. The van der Waals surface area contributed by atoms with Crippen LogP contribution in [0.25, 0.3) is 0 Å². The Kier molecular flexibility index (Phi) is 3.09. The Bertz CT molecular complexity index is 241. The van der Waals surface area contributed by atoms with Crippen LogP contribution in [0.2, 0.25) is 0 Å². The van der Waals surface area contributed by atoms with Crippen LogP contribution in [-0.4, -0.2) is 73.2 Å². The molecule has 2 aliphatic heterocycles. The lowest BCUT2D eigenvalue weighted by atomic mass is 10.3. The summed E-state index contributed by atoms with van der Waals surface area (Å²) in [5, 5.41) is 0. The van der Waals surface area contributed by atoms with Gasteiger partial charge in [0.25, 0.3) is 0 Å². The Balaban J connectivity index is 1.85. The molecule has 0 saturated carbocycles. The third-order valence-electron chi connectivity index (χ3n) is 3.18. The highest BCUT2D eigenvalue weighted by Crippen LogP contribution is 2.15. The Hall–Kier alpha value is -0.840. The molecule has 0 bridgehead atoms. The lowest BCUT2D eigenvalue weighted by Gasteiger charge is -2.34. The van der Waals surface area contributed by atoms with Crippen LogP contribution < -0.4 is 0 Å². The first-order valence-electron chi connectivity index (χ1n) is 5.53. The number of halogens is 1. The molecule has 2 saturated heterocycles. The third kappa shape index (κ3) is 2.40. The van der Waals surface area contributed by atoms with Crippen LogP contribution in [-0.2, 0) is 0 Å². The number of urea groups is 1. The van der Waals surface area contributed by atoms with Crippen molar-refractivity contribution in [2.24, 2.45) is 0 Å². The number of amides is 2. The van der Waals surface area contributed by atoms with Crippen molar-refractivity contribution < 1.29 is 9.18 Å². The van der Waals surface area contributed by atoms with Crippen LogP contribution in [0.1, 0.15) is 6.42 Å². The van der Waals surface area contributed by atoms with Crippen molar-refractivity contribution in [1.29, 1.82) is 0 Å². The number of hydrogen-bond donors (Lipinski definition) is 0. The van der Waals surface area contributed by atoms with E-state index in [4.69, 9.17) is 0 Å². The molecule has 2 amide bonds. The fraction of sp³-hybridized carbons (Fsp3) is 0.900. The van der Waals surface area contributed by atoms with Crippen LogP contribution in [0.4, 0.5) is 9.18 Å². The number of likely N-dealkylation sites (N-methyl/N-ethyl adjacent to an activating group) is 1. The van der Waals surface area contributed by atoms with Crippen LogP contribution in [0, 0.1) is 0 Å². The highest BCUT2D eigenvalue weighted by Gasteiger charge is 2.30. The van der Waals surface area contributed by atoms with Gasteiger partial charge in [0.15, 0.2) is 0 Å². The molecule has 1 atom stereocenters. The zero-order valence-electron chi connectivity index (χ0n) is 9.15. The summed E-state index contributed by atoms with van der Waals surface area (Å²) >= 11 is 0. The predicted octanol–water partition coefficient (Wildman–Crippen LogP) is 0.398. The lowest BCUT2D eigenvalue weighted by Crippen LogP contribution is -2.51. The quantitative estimate of drug-likeness (QED) is 0.584. The predicted molar refractivity (Wildman–Crippen MR) is 55.6 cm³/mol. The van der Waals surface area contributed by atoms with Gasteiger partial charge < -0.3 is 14.7 Å². The van der Waals surface area contributed by atoms with Crippen LogP contribution in [0.15, 0.2) is 0 Å². The van der Waals surface area contributed by atoms with E-state index in [0.29, 0.717) is 13.0 Å². The summed E-state index contributed by atoms with van der Waals surface area (Å²) in [5.41, 5.74) is 0. The number of likely N-dealkylation sites (tertiary alicyclic amines) is 1. The maximum atomic E-state index is 12.9. The number of carbonyl (C=O) groups excluding carboxylic acids is 1. The van der Waals surface area contributed by atoms with E-state index in [1.807, 2.05) is 4.90 Å². The average Bonchev–Trinajstić information content (AvgIpc) is 2.65. The van der Waals surface area contributed by atoms with Gasteiger partial charge in [0, 0.05) is 32.7 Å². The summed E-state index contributed by atoms with van der Waals surface area (Å²) in [7, 11) is 2.05. The molecule has 5 heteroatoms. The molecule has 2 heterocycles. The molecular formula is C10H18FN3O. The molecule has 0 radical (unpaired) electrons. The molecule has 2 aliphatic rings. The Labute approximate surface area is 89.6 Å². The van der Waals surface area contributed by atoms with Crippen molar-refractivity contribution in [2.45, 2.75) is 12.6 Å². The van der Waals surface area contributed by atoms with Gasteiger partial charge in [-0.05, 0) is 13.5 Å². The van der Waals surface area contributed by atoms with Crippen LogP contribution in [0.3, 0.4) is 0 Å². The molecular weight excluding hydrogens is 197 g/mol. The highest BCUT2D eigenvalue weighted by atomic mass is 19.1. The number of carbonyl (C=O) groups is 1. The molecule has 0 aliphatic carbocycles. The molecule has 2 rings (SSSR count). The molecule has 4 nitrogen and oxygen atoms in total. The highest BCUT2D eigenvalue weighted by molar-refractivity contribution is 5.75. The summed E-state index contributed by atoms with van der Waals surface area (Å²) in [5.74, 6) is 0. The van der Waals surface area contributed by atoms with Crippen molar-refractivity contribution in [3.05, 3.63) is 0 Å². The normalized spacial score (nSPS) is 28.5. The maximum absolute atomic E-state index is 12.9. The van der Waals surface area contributed by atoms with Gasteiger partial charge in [-0.25, -0.2) is 9.18 Å². The first-order chi connectivity index (χ1) is 7.16. The molecule has 0 spiro atoms. The Morgan fingerprint density at radius 3 is 2.33 bits per heavy atom. The SMILES string of the molecule is CN1CCN(C(=O)N2CCC(F)C2)CC1. The minimum absolute atomic E-state index is 0.0169. The van der Waals surface area contributed by atoms with Crippen LogP contribution >= 0.6 is 0 Å². The Morgan fingerprint density at radius 2 is 1.80 bits per heavy atom. The topological polar surface area (TPSA) is 26.8 Å². The van der Waals surface area contributed by atoms with E-state index in [9.17, 15) is 9.18 Å². The summed E-state index contributed by atoms with van der Waals surface area (Å²) in [6.07, 6.45) is -0.319. The summed E-state index contributed by atoms with van der Waals surface area (Å²) in [4.78, 5) is 17.6. The second-order valence-corrected chi connectivity index (χ2v) is 4.40. The number of hydrogen-bond acceptors (Lipinski definition) is 2. The minimum atomic E-state index is -0.818. The van der Waals surface area contributed by atoms with Crippen molar-refractivity contribution in [1.82, 2.24) is 14.7 Å². The summed E-state index contributed by atoms with van der Waals surface area (Å²) in [6, 6.07) is 0.0169. The van der Waals surface area contributed by atoms with Gasteiger partial charge in [-0.2, -0.15) is 0 Å². The molecule has 15 heavy (non-hydrogen) atoms. The van der Waals surface area contributed by atoms with Crippen molar-refractivity contribution >= 4 is 6.03 Å². The van der Waals surface area contributed by atoms with Crippen molar-refractivity contribution in [2.75, 3.05) is 46.3 Å². The molecule has 0 N–H and O–H groups in total. The van der Waals surface area contributed by atoms with Gasteiger partial charge in [0.2, 0.25) is 0 Å². The van der Waals surface area contributed by atoms with E-state index in [1.165, 1.54) is 0 Å². The van der Waals surface area contributed by atoms with Crippen molar-refractivity contribution in [3.63, 3.8) is 0 Å². The Morgan fingerprint density at radius 1 is 1.13 bits per heavy atom. The minimum Gasteiger partial charge on any atom is -0.322 e. The monoisotopic (exact) mass is 215 g/mol. The molecule has 2 fully saturated rings. The second kappa shape index (κ2) is 4.35.